The Morgan fingerprint density at radius 3 is 2.10 bits per heavy atom. The van der Waals surface area contributed by atoms with Crippen molar-refractivity contribution < 1.29 is 4.39 Å². The molecule has 0 unspecified atom stereocenters. The summed E-state index contributed by atoms with van der Waals surface area (Å²) in [6, 6.07) is 10.5. The Morgan fingerprint density at radius 2 is 1.55 bits per heavy atom. The van der Waals surface area contributed by atoms with Crippen LogP contribution in [0.4, 0.5) is 4.39 Å². The Labute approximate surface area is 190 Å². The SMILES string of the molecule is Cc1sc([Si](C(C)C)(C(C)C)C(C)C)nc1-c1nccc(-c2ccccc2F)c1C#N. The molecule has 0 saturated carbocycles. The van der Waals surface area contributed by atoms with Crippen LogP contribution in [0.1, 0.15) is 52.0 Å². The van der Waals surface area contributed by atoms with Crippen LogP contribution in [0.3, 0.4) is 0 Å². The summed E-state index contributed by atoms with van der Waals surface area (Å²) in [4.78, 5) is 10.8. The zero-order chi connectivity index (χ0) is 22.9. The quantitative estimate of drug-likeness (QED) is 0.376. The molecule has 0 N–H and O–H groups in total. The van der Waals surface area contributed by atoms with Crippen molar-refractivity contribution in [2.45, 2.75) is 65.1 Å². The smallest absolute Gasteiger partial charge is 0.131 e. The monoisotopic (exact) mass is 451 g/mol. The fourth-order valence-electron chi connectivity index (χ4n) is 5.20. The van der Waals surface area contributed by atoms with Gasteiger partial charge in [0.1, 0.15) is 31.3 Å². The van der Waals surface area contributed by atoms with E-state index in [0.717, 1.165) is 10.6 Å². The van der Waals surface area contributed by atoms with Crippen LogP contribution in [0.25, 0.3) is 22.5 Å². The van der Waals surface area contributed by atoms with Gasteiger partial charge in [-0.15, -0.1) is 11.3 Å². The van der Waals surface area contributed by atoms with Crippen LogP contribution in [-0.2, 0) is 0 Å². The van der Waals surface area contributed by atoms with Gasteiger partial charge in [-0.1, -0.05) is 59.7 Å². The summed E-state index contributed by atoms with van der Waals surface area (Å²) in [6.45, 7) is 16.0. The van der Waals surface area contributed by atoms with Crippen LogP contribution in [-0.4, -0.2) is 18.0 Å². The molecule has 2 aromatic heterocycles. The highest BCUT2D eigenvalue weighted by Gasteiger charge is 2.47. The fourth-order valence-corrected chi connectivity index (χ4v) is 14.9. The highest BCUT2D eigenvalue weighted by Crippen LogP contribution is 2.43. The molecule has 0 saturated heterocycles. The number of thiazole rings is 1. The number of hydrogen-bond acceptors (Lipinski definition) is 4. The third-order valence-corrected chi connectivity index (χ3v) is 15.2. The van der Waals surface area contributed by atoms with Crippen LogP contribution < -0.4 is 4.63 Å². The number of benzene rings is 1. The van der Waals surface area contributed by atoms with Crippen LogP contribution in [0.2, 0.25) is 16.6 Å². The van der Waals surface area contributed by atoms with Gasteiger partial charge in [-0.25, -0.2) is 9.37 Å². The molecule has 6 heteroatoms. The molecular formula is C25H30FN3SSi. The number of nitriles is 1. The summed E-state index contributed by atoms with van der Waals surface area (Å²) >= 11 is 1.75. The second kappa shape index (κ2) is 9.02. The molecule has 0 bridgehead atoms. The molecule has 0 fully saturated rings. The van der Waals surface area contributed by atoms with Crippen molar-refractivity contribution in [3.8, 4) is 28.6 Å². The molecule has 0 amide bonds. The second-order valence-electron chi connectivity index (χ2n) is 8.99. The van der Waals surface area contributed by atoms with Gasteiger partial charge in [0, 0.05) is 22.2 Å². The van der Waals surface area contributed by atoms with E-state index < -0.39 is 8.07 Å². The van der Waals surface area contributed by atoms with Gasteiger partial charge in [0.25, 0.3) is 0 Å². The summed E-state index contributed by atoms with van der Waals surface area (Å²) in [7, 11) is -1.92. The van der Waals surface area contributed by atoms with Crippen LogP contribution in [0.15, 0.2) is 36.5 Å². The first-order valence-corrected chi connectivity index (χ1v) is 13.8. The number of hydrogen-bond donors (Lipinski definition) is 0. The molecule has 1 aromatic carbocycles. The van der Waals surface area contributed by atoms with Crippen molar-refractivity contribution in [1.82, 2.24) is 9.97 Å². The molecule has 0 aliphatic heterocycles. The van der Waals surface area contributed by atoms with Crippen LogP contribution in [0.5, 0.6) is 0 Å². The summed E-state index contributed by atoms with van der Waals surface area (Å²) in [5.74, 6) is -0.349. The Hall–Kier alpha value is -2.36. The lowest BCUT2D eigenvalue weighted by Gasteiger charge is -2.41. The van der Waals surface area contributed by atoms with Crippen molar-refractivity contribution >= 4 is 24.0 Å². The normalized spacial score (nSPS) is 12.1. The average molecular weight is 452 g/mol. The molecule has 31 heavy (non-hydrogen) atoms. The minimum atomic E-state index is -1.92. The number of rotatable bonds is 6. The third-order valence-electron chi connectivity index (χ3n) is 6.48. The van der Waals surface area contributed by atoms with E-state index in [0.29, 0.717) is 39.0 Å². The molecule has 2 heterocycles. The number of aromatic nitrogens is 2. The number of halogens is 1. The van der Waals surface area contributed by atoms with E-state index in [9.17, 15) is 9.65 Å². The second-order valence-corrected chi connectivity index (χ2v) is 16.4. The van der Waals surface area contributed by atoms with Crippen molar-refractivity contribution in [2.75, 3.05) is 0 Å². The molecule has 0 aliphatic carbocycles. The van der Waals surface area contributed by atoms with Gasteiger partial charge in [-0.3, -0.25) is 4.98 Å². The van der Waals surface area contributed by atoms with E-state index in [2.05, 4.69) is 59.5 Å². The van der Waals surface area contributed by atoms with Crippen molar-refractivity contribution in [3.63, 3.8) is 0 Å². The van der Waals surface area contributed by atoms with Gasteiger partial charge in [-0.2, -0.15) is 5.26 Å². The maximum absolute atomic E-state index is 14.5. The van der Waals surface area contributed by atoms with Gasteiger partial charge >= 0.3 is 0 Å². The van der Waals surface area contributed by atoms with Crippen LogP contribution in [0, 0.1) is 24.1 Å². The minimum Gasteiger partial charge on any atom is -0.253 e. The predicted octanol–water partition coefficient (Wildman–Crippen LogP) is 7.08. The van der Waals surface area contributed by atoms with E-state index in [1.54, 1.807) is 41.8 Å². The number of pyridine rings is 1. The predicted molar refractivity (Wildman–Crippen MR) is 131 cm³/mol. The molecule has 0 atom stereocenters. The Bertz CT molecular complexity index is 1110. The standard InChI is InChI=1S/C25H30FN3SSi/c1-15(2)31(16(3)4,17(5)6)25-29-23(18(7)30-25)24-21(14-27)19(12-13-28-24)20-10-8-9-11-22(20)26/h8-13,15-17H,1-7H3. The van der Waals surface area contributed by atoms with Gasteiger partial charge in [0.2, 0.25) is 0 Å². The highest BCUT2D eigenvalue weighted by atomic mass is 32.1. The molecule has 3 rings (SSSR count). The topological polar surface area (TPSA) is 49.6 Å². The molecule has 162 valence electrons. The Kier molecular flexibility index (Phi) is 6.78. The van der Waals surface area contributed by atoms with Crippen molar-refractivity contribution in [2.24, 2.45) is 0 Å². The zero-order valence-corrected chi connectivity index (χ0v) is 21.1. The Morgan fingerprint density at radius 1 is 0.935 bits per heavy atom. The molecule has 0 radical (unpaired) electrons. The van der Waals surface area contributed by atoms with Gasteiger partial charge in [0.05, 0.1) is 10.2 Å². The average Bonchev–Trinajstić information content (AvgIpc) is 3.08. The van der Waals surface area contributed by atoms with Gasteiger partial charge in [-0.05, 0) is 35.7 Å². The third kappa shape index (κ3) is 3.86. The van der Waals surface area contributed by atoms with Gasteiger partial charge in [0.15, 0.2) is 0 Å². The maximum atomic E-state index is 14.5. The molecular weight excluding hydrogens is 421 g/mol. The fraction of sp³-hybridized carbons (Fsp3) is 0.400. The summed E-state index contributed by atoms with van der Waals surface area (Å²) in [5, 5.41) is 10.0. The van der Waals surface area contributed by atoms with Crippen molar-refractivity contribution in [1.29, 1.82) is 5.26 Å². The van der Waals surface area contributed by atoms with E-state index >= 15 is 0 Å². The molecule has 0 spiro atoms. The first-order chi connectivity index (χ1) is 14.7. The van der Waals surface area contributed by atoms with Gasteiger partial charge < -0.3 is 0 Å². The maximum Gasteiger partial charge on any atom is 0.131 e. The van der Waals surface area contributed by atoms with Crippen LogP contribution >= 0.6 is 11.3 Å². The largest absolute Gasteiger partial charge is 0.253 e. The Balaban J connectivity index is 2.25. The molecule has 3 nitrogen and oxygen atoms in total. The van der Waals surface area contributed by atoms with Crippen molar-refractivity contribution in [3.05, 3.63) is 52.8 Å². The van der Waals surface area contributed by atoms with E-state index in [-0.39, 0.29) is 5.82 Å². The van der Waals surface area contributed by atoms with E-state index in [4.69, 9.17) is 4.98 Å². The summed E-state index contributed by atoms with van der Waals surface area (Å²) in [6.07, 6.45) is 1.65. The first kappa shape index (κ1) is 23.3. The lowest BCUT2D eigenvalue weighted by Crippen LogP contribution is -2.55. The highest BCUT2D eigenvalue weighted by molar-refractivity contribution is 7.27. The lowest BCUT2D eigenvalue weighted by molar-refractivity contribution is 0.631. The first-order valence-electron chi connectivity index (χ1n) is 10.8. The minimum absolute atomic E-state index is 0.349. The van der Waals surface area contributed by atoms with E-state index in [1.807, 2.05) is 0 Å². The number of nitrogens with zero attached hydrogens (tertiary/aromatic N) is 3. The lowest BCUT2D eigenvalue weighted by atomic mass is 9.98. The number of aryl methyl sites for hydroxylation is 1. The summed E-state index contributed by atoms with van der Waals surface area (Å²) < 4.78 is 15.7. The summed E-state index contributed by atoms with van der Waals surface area (Å²) in [5.41, 5.74) is 4.26. The zero-order valence-electron chi connectivity index (χ0n) is 19.3. The van der Waals surface area contributed by atoms with E-state index in [1.165, 1.54) is 10.7 Å². The molecule has 3 aromatic rings. The molecule has 0 aliphatic rings.